The lowest BCUT2D eigenvalue weighted by Gasteiger charge is -2.10. The van der Waals surface area contributed by atoms with Gasteiger partial charge in [0.2, 0.25) is 5.16 Å². The molecule has 1 aromatic rings. The first-order valence-corrected chi connectivity index (χ1v) is 6.51. The number of tetrazole rings is 1. The molecule has 8 nitrogen and oxygen atoms in total. The highest BCUT2D eigenvalue weighted by molar-refractivity contribution is 7.99. The van der Waals surface area contributed by atoms with E-state index in [2.05, 4.69) is 15.5 Å². The summed E-state index contributed by atoms with van der Waals surface area (Å²) >= 11 is 1.32. The Hall–Kier alpha value is -0.740. The maximum absolute atomic E-state index is 9.65. The number of hydrogen-bond donors (Lipinski definition) is 2. The Kier molecular flexibility index (Phi) is 7.85. The topological polar surface area (TPSA) is 103 Å². The molecule has 0 bridgehead atoms. The fourth-order valence-electron chi connectivity index (χ4n) is 1.12. The Morgan fingerprint density at radius 1 is 1.44 bits per heavy atom. The second kappa shape index (κ2) is 9.22. The van der Waals surface area contributed by atoms with E-state index >= 15 is 0 Å². The van der Waals surface area contributed by atoms with Gasteiger partial charge in [0.15, 0.2) is 0 Å². The van der Waals surface area contributed by atoms with Crippen molar-refractivity contribution < 1.29 is 19.7 Å². The van der Waals surface area contributed by atoms with Gasteiger partial charge in [0.25, 0.3) is 0 Å². The number of aliphatic hydroxyl groups is 2. The van der Waals surface area contributed by atoms with Gasteiger partial charge in [-0.25, -0.2) is 4.68 Å². The Balaban J connectivity index is 2.20. The second-order valence-electron chi connectivity index (χ2n) is 3.44. The molecule has 2 N–H and O–H groups in total. The van der Waals surface area contributed by atoms with E-state index in [-0.39, 0.29) is 13.2 Å². The Morgan fingerprint density at radius 3 is 3.00 bits per heavy atom. The molecule has 1 rings (SSSR count). The highest BCUT2D eigenvalue weighted by Gasteiger charge is 2.10. The van der Waals surface area contributed by atoms with Crippen LogP contribution in [0.1, 0.15) is 0 Å². The molecule has 0 aliphatic heterocycles. The Labute approximate surface area is 109 Å². The molecule has 0 saturated heterocycles. The summed E-state index contributed by atoms with van der Waals surface area (Å²) in [4.78, 5) is 0. The van der Waals surface area contributed by atoms with Crippen LogP contribution in [0.2, 0.25) is 0 Å². The van der Waals surface area contributed by atoms with E-state index in [0.717, 1.165) is 0 Å². The van der Waals surface area contributed by atoms with Gasteiger partial charge in [-0.15, -0.1) is 5.10 Å². The molecular formula is C9H18N4O4S. The van der Waals surface area contributed by atoms with Gasteiger partial charge in [-0.05, 0) is 10.4 Å². The molecule has 0 aliphatic rings. The number of aromatic nitrogens is 4. The third kappa shape index (κ3) is 5.74. The number of aliphatic hydroxyl groups excluding tert-OH is 2. The van der Waals surface area contributed by atoms with Crippen molar-refractivity contribution in [2.45, 2.75) is 17.8 Å². The van der Waals surface area contributed by atoms with Crippen molar-refractivity contribution in [3.8, 4) is 0 Å². The number of thioether (sulfide) groups is 1. The standard InChI is InChI=1S/C9H18N4O4S/c1-16-4-5-17-6-8(15)7-18-9-10-11-12-13(9)2-3-14/h8,14-15H,2-7H2,1H3. The van der Waals surface area contributed by atoms with Gasteiger partial charge < -0.3 is 19.7 Å². The maximum Gasteiger partial charge on any atom is 0.209 e. The van der Waals surface area contributed by atoms with E-state index in [0.29, 0.717) is 30.7 Å². The minimum atomic E-state index is -0.592. The second-order valence-corrected chi connectivity index (χ2v) is 4.43. The molecule has 9 heteroatoms. The summed E-state index contributed by atoms with van der Waals surface area (Å²) in [6, 6.07) is 0. The van der Waals surface area contributed by atoms with Crippen molar-refractivity contribution in [2.75, 3.05) is 39.3 Å². The smallest absolute Gasteiger partial charge is 0.209 e. The molecule has 0 spiro atoms. The Bertz CT molecular complexity index is 325. The third-order valence-corrected chi connectivity index (χ3v) is 3.06. The lowest BCUT2D eigenvalue weighted by atomic mass is 10.4. The molecule has 0 aliphatic carbocycles. The monoisotopic (exact) mass is 278 g/mol. The van der Waals surface area contributed by atoms with Gasteiger partial charge >= 0.3 is 0 Å². The van der Waals surface area contributed by atoms with Gasteiger partial charge in [-0.3, -0.25) is 0 Å². The zero-order chi connectivity index (χ0) is 13.2. The molecule has 1 aromatic heterocycles. The van der Waals surface area contributed by atoms with Crippen molar-refractivity contribution >= 4 is 11.8 Å². The fourth-order valence-corrected chi connectivity index (χ4v) is 1.92. The molecule has 0 saturated carbocycles. The average molecular weight is 278 g/mol. The summed E-state index contributed by atoms with van der Waals surface area (Å²) in [5, 5.41) is 30.0. The molecule has 0 amide bonds. The highest BCUT2D eigenvalue weighted by Crippen LogP contribution is 2.14. The van der Waals surface area contributed by atoms with Gasteiger partial charge in [0.05, 0.1) is 39.1 Å². The molecule has 104 valence electrons. The summed E-state index contributed by atoms with van der Waals surface area (Å²) < 4.78 is 11.5. The largest absolute Gasteiger partial charge is 0.394 e. The van der Waals surface area contributed by atoms with Crippen LogP contribution in [0.15, 0.2) is 5.16 Å². The third-order valence-electron chi connectivity index (χ3n) is 1.96. The van der Waals surface area contributed by atoms with Crippen molar-refractivity contribution in [2.24, 2.45) is 0 Å². The lowest BCUT2D eigenvalue weighted by molar-refractivity contribution is 0.0218. The lowest BCUT2D eigenvalue weighted by Crippen LogP contribution is -2.20. The zero-order valence-corrected chi connectivity index (χ0v) is 11.0. The van der Waals surface area contributed by atoms with Crippen LogP contribution in [0.4, 0.5) is 0 Å². The van der Waals surface area contributed by atoms with Crippen molar-refractivity contribution in [3.63, 3.8) is 0 Å². The molecular weight excluding hydrogens is 260 g/mol. The van der Waals surface area contributed by atoms with Crippen LogP contribution in [-0.4, -0.2) is 75.8 Å². The van der Waals surface area contributed by atoms with Crippen LogP contribution in [0.25, 0.3) is 0 Å². The van der Waals surface area contributed by atoms with Crippen LogP contribution in [-0.2, 0) is 16.0 Å². The highest BCUT2D eigenvalue weighted by atomic mass is 32.2. The number of nitrogens with zero attached hydrogens (tertiary/aromatic N) is 4. The quantitative estimate of drug-likeness (QED) is 0.405. The average Bonchev–Trinajstić information content (AvgIpc) is 2.80. The number of methoxy groups -OCH3 is 1. The zero-order valence-electron chi connectivity index (χ0n) is 10.2. The molecule has 1 heterocycles. The summed E-state index contributed by atoms with van der Waals surface area (Å²) in [5.41, 5.74) is 0. The van der Waals surface area contributed by atoms with E-state index in [4.69, 9.17) is 14.6 Å². The van der Waals surface area contributed by atoms with E-state index in [1.165, 1.54) is 16.4 Å². The van der Waals surface area contributed by atoms with Crippen LogP contribution < -0.4 is 0 Å². The van der Waals surface area contributed by atoms with Crippen LogP contribution in [0.3, 0.4) is 0 Å². The van der Waals surface area contributed by atoms with E-state index in [1.54, 1.807) is 7.11 Å². The summed E-state index contributed by atoms with van der Waals surface area (Å²) in [6.07, 6.45) is -0.592. The first-order chi connectivity index (χ1) is 8.77. The van der Waals surface area contributed by atoms with Gasteiger partial charge in [-0.2, -0.15) is 0 Å². The number of rotatable bonds is 10. The van der Waals surface area contributed by atoms with Gasteiger partial charge in [0, 0.05) is 12.9 Å². The van der Waals surface area contributed by atoms with Crippen LogP contribution in [0, 0.1) is 0 Å². The maximum atomic E-state index is 9.65. The van der Waals surface area contributed by atoms with Crippen LogP contribution >= 0.6 is 11.8 Å². The molecule has 18 heavy (non-hydrogen) atoms. The first-order valence-electron chi connectivity index (χ1n) is 5.52. The summed E-state index contributed by atoms with van der Waals surface area (Å²) in [5.74, 6) is 0.429. The SMILES string of the molecule is COCCOCC(O)CSc1nnnn1CCO. The predicted octanol–water partition coefficient (Wildman–Crippen LogP) is -1.22. The fraction of sp³-hybridized carbons (Fsp3) is 0.889. The normalized spacial score (nSPS) is 12.8. The molecule has 0 aromatic carbocycles. The Morgan fingerprint density at radius 2 is 2.28 bits per heavy atom. The van der Waals surface area contributed by atoms with Crippen molar-refractivity contribution in [1.82, 2.24) is 20.2 Å². The van der Waals surface area contributed by atoms with Gasteiger partial charge in [-0.1, -0.05) is 11.8 Å². The van der Waals surface area contributed by atoms with E-state index < -0.39 is 6.10 Å². The molecule has 0 fully saturated rings. The summed E-state index contributed by atoms with van der Waals surface area (Å²) in [6.45, 7) is 1.53. The minimum absolute atomic E-state index is 0.0265. The molecule has 1 unspecified atom stereocenters. The van der Waals surface area contributed by atoms with E-state index in [1.807, 2.05) is 0 Å². The van der Waals surface area contributed by atoms with Gasteiger partial charge in [0.1, 0.15) is 0 Å². The summed E-state index contributed by atoms with van der Waals surface area (Å²) in [7, 11) is 1.59. The number of ether oxygens (including phenoxy) is 2. The predicted molar refractivity (Wildman–Crippen MR) is 64.3 cm³/mol. The molecule has 1 atom stereocenters. The number of hydrogen-bond acceptors (Lipinski definition) is 8. The minimum Gasteiger partial charge on any atom is -0.394 e. The first kappa shape index (κ1) is 15.3. The van der Waals surface area contributed by atoms with Crippen LogP contribution in [0.5, 0.6) is 0 Å². The molecule has 0 radical (unpaired) electrons. The van der Waals surface area contributed by atoms with Crippen molar-refractivity contribution in [1.29, 1.82) is 0 Å². The van der Waals surface area contributed by atoms with Crippen molar-refractivity contribution in [3.05, 3.63) is 0 Å². The van der Waals surface area contributed by atoms with E-state index in [9.17, 15) is 5.11 Å².